The minimum atomic E-state index is 0.639. The van der Waals surface area contributed by atoms with Crippen LogP contribution in [0, 0.1) is 6.92 Å². The normalized spacial score (nSPS) is 10.2. The first-order valence-corrected chi connectivity index (χ1v) is 5.94. The van der Waals surface area contributed by atoms with Crippen LogP contribution in [0.1, 0.15) is 5.56 Å². The van der Waals surface area contributed by atoms with Crippen LogP contribution >= 0.6 is 11.6 Å². The van der Waals surface area contributed by atoms with Crippen molar-refractivity contribution in [3.05, 3.63) is 47.0 Å². The summed E-state index contributed by atoms with van der Waals surface area (Å²) in [7, 11) is 1.61. The summed E-state index contributed by atoms with van der Waals surface area (Å²) in [5.74, 6) is 0.710. The van der Waals surface area contributed by atoms with Crippen LogP contribution in [0.5, 0.6) is 5.75 Å². The van der Waals surface area contributed by atoms with Crippen LogP contribution in [0.2, 0.25) is 5.02 Å². The molecule has 0 aliphatic rings. The molecule has 0 aliphatic carbocycles. The van der Waals surface area contributed by atoms with Crippen molar-refractivity contribution in [1.29, 1.82) is 0 Å². The summed E-state index contributed by atoms with van der Waals surface area (Å²) in [6.45, 7) is 1.97. The number of hydrogen-bond donors (Lipinski definition) is 2. The van der Waals surface area contributed by atoms with Gasteiger partial charge in [0, 0.05) is 23.5 Å². The third-order valence-corrected chi connectivity index (χ3v) is 3.14. The van der Waals surface area contributed by atoms with Crippen LogP contribution in [0.4, 0.5) is 17.1 Å². The van der Waals surface area contributed by atoms with Crippen LogP contribution in [0.15, 0.2) is 36.4 Å². The predicted octanol–water partition coefficient (Wildman–Crippen LogP) is 3.98. The van der Waals surface area contributed by atoms with E-state index in [-0.39, 0.29) is 0 Å². The van der Waals surface area contributed by atoms with Gasteiger partial charge in [-0.05, 0) is 24.6 Å². The topological polar surface area (TPSA) is 47.3 Å². The molecule has 0 aliphatic heterocycles. The van der Waals surface area contributed by atoms with Crippen LogP contribution in [0.25, 0.3) is 0 Å². The molecular formula is C14H15ClN2O. The zero-order chi connectivity index (χ0) is 13.1. The first-order chi connectivity index (χ1) is 8.60. The Morgan fingerprint density at radius 3 is 2.72 bits per heavy atom. The molecule has 0 bridgehead atoms. The van der Waals surface area contributed by atoms with E-state index < -0.39 is 0 Å². The van der Waals surface area contributed by atoms with Gasteiger partial charge in [0.1, 0.15) is 5.75 Å². The molecule has 0 amide bonds. The number of anilines is 3. The molecule has 0 aromatic heterocycles. The second-order valence-electron chi connectivity index (χ2n) is 4.06. The van der Waals surface area contributed by atoms with Crippen molar-refractivity contribution >= 4 is 28.7 Å². The first kappa shape index (κ1) is 12.6. The van der Waals surface area contributed by atoms with Gasteiger partial charge in [-0.25, -0.2) is 0 Å². The highest BCUT2D eigenvalue weighted by Crippen LogP contribution is 2.30. The number of nitrogen functional groups attached to an aromatic ring is 1. The Hall–Kier alpha value is -1.87. The average Bonchev–Trinajstić information content (AvgIpc) is 2.34. The second-order valence-corrected chi connectivity index (χ2v) is 4.43. The van der Waals surface area contributed by atoms with E-state index >= 15 is 0 Å². The van der Waals surface area contributed by atoms with Crippen LogP contribution in [-0.4, -0.2) is 7.11 Å². The zero-order valence-corrected chi connectivity index (χ0v) is 11.1. The number of rotatable bonds is 3. The Labute approximate surface area is 112 Å². The molecule has 0 heterocycles. The summed E-state index contributed by atoms with van der Waals surface area (Å²) in [4.78, 5) is 0. The molecular weight excluding hydrogens is 248 g/mol. The van der Waals surface area contributed by atoms with E-state index in [4.69, 9.17) is 22.1 Å². The molecule has 0 saturated heterocycles. The van der Waals surface area contributed by atoms with Crippen LogP contribution in [-0.2, 0) is 0 Å². The van der Waals surface area contributed by atoms with Crippen molar-refractivity contribution in [3.63, 3.8) is 0 Å². The van der Waals surface area contributed by atoms with Crippen molar-refractivity contribution in [2.75, 3.05) is 18.2 Å². The van der Waals surface area contributed by atoms with Crippen molar-refractivity contribution in [2.24, 2.45) is 0 Å². The van der Waals surface area contributed by atoms with Crippen molar-refractivity contribution < 1.29 is 4.74 Å². The molecule has 94 valence electrons. The fourth-order valence-electron chi connectivity index (χ4n) is 1.71. The summed E-state index contributed by atoms with van der Waals surface area (Å²) < 4.78 is 5.17. The molecule has 18 heavy (non-hydrogen) atoms. The Bertz CT molecular complexity index is 570. The summed E-state index contributed by atoms with van der Waals surface area (Å²) in [6.07, 6.45) is 0. The molecule has 0 unspecified atom stereocenters. The van der Waals surface area contributed by atoms with E-state index in [1.807, 2.05) is 37.3 Å². The molecule has 0 saturated carbocycles. The number of benzene rings is 2. The van der Waals surface area contributed by atoms with Crippen molar-refractivity contribution in [2.45, 2.75) is 6.92 Å². The monoisotopic (exact) mass is 262 g/mol. The number of ether oxygens (including phenoxy) is 1. The van der Waals surface area contributed by atoms with E-state index in [1.54, 1.807) is 13.2 Å². The van der Waals surface area contributed by atoms with E-state index in [2.05, 4.69) is 5.32 Å². The third kappa shape index (κ3) is 2.68. The molecule has 0 radical (unpaired) electrons. The largest absolute Gasteiger partial charge is 0.497 e. The standard InChI is InChI=1S/C14H15ClN2O/c1-9-4-3-5-13(14(9)15)17-11-6-10(16)7-12(8-11)18-2/h3-8,17H,16H2,1-2H3. The molecule has 0 fully saturated rings. The maximum absolute atomic E-state index is 6.23. The smallest absolute Gasteiger partial charge is 0.122 e. The Morgan fingerprint density at radius 2 is 2.00 bits per heavy atom. The minimum Gasteiger partial charge on any atom is -0.497 e. The van der Waals surface area contributed by atoms with Gasteiger partial charge < -0.3 is 15.8 Å². The molecule has 3 N–H and O–H groups in total. The van der Waals surface area contributed by atoms with E-state index in [9.17, 15) is 0 Å². The lowest BCUT2D eigenvalue weighted by Gasteiger charge is -2.12. The lowest BCUT2D eigenvalue weighted by molar-refractivity contribution is 0.415. The van der Waals surface area contributed by atoms with Gasteiger partial charge in [0.05, 0.1) is 17.8 Å². The maximum atomic E-state index is 6.23. The number of aryl methyl sites for hydroxylation is 1. The molecule has 4 heteroatoms. The molecule has 3 nitrogen and oxygen atoms in total. The third-order valence-electron chi connectivity index (χ3n) is 2.64. The summed E-state index contributed by atoms with van der Waals surface area (Å²) >= 11 is 6.23. The molecule has 2 aromatic carbocycles. The van der Waals surface area contributed by atoms with Gasteiger partial charge in [0.2, 0.25) is 0 Å². The molecule has 0 spiro atoms. The van der Waals surface area contributed by atoms with Crippen LogP contribution in [0.3, 0.4) is 0 Å². The van der Waals surface area contributed by atoms with E-state index in [0.717, 1.165) is 16.9 Å². The Morgan fingerprint density at radius 1 is 1.22 bits per heavy atom. The van der Waals surface area contributed by atoms with E-state index in [0.29, 0.717) is 16.5 Å². The fraction of sp³-hybridized carbons (Fsp3) is 0.143. The van der Waals surface area contributed by atoms with Gasteiger partial charge >= 0.3 is 0 Å². The lowest BCUT2D eigenvalue weighted by atomic mass is 10.2. The highest BCUT2D eigenvalue weighted by atomic mass is 35.5. The zero-order valence-electron chi connectivity index (χ0n) is 10.3. The highest BCUT2D eigenvalue weighted by Gasteiger charge is 2.04. The van der Waals surface area contributed by atoms with Crippen molar-refractivity contribution in [1.82, 2.24) is 0 Å². The molecule has 0 atom stereocenters. The van der Waals surface area contributed by atoms with Gasteiger partial charge in [-0.15, -0.1) is 0 Å². The predicted molar refractivity (Wildman–Crippen MR) is 76.9 cm³/mol. The maximum Gasteiger partial charge on any atom is 0.122 e. The van der Waals surface area contributed by atoms with Gasteiger partial charge in [-0.3, -0.25) is 0 Å². The van der Waals surface area contributed by atoms with Crippen LogP contribution < -0.4 is 15.8 Å². The second kappa shape index (κ2) is 5.19. The summed E-state index contributed by atoms with van der Waals surface area (Å²) in [5.41, 5.74) is 9.17. The molecule has 2 aromatic rings. The van der Waals surface area contributed by atoms with Gasteiger partial charge in [-0.1, -0.05) is 23.7 Å². The average molecular weight is 263 g/mol. The Kier molecular flexibility index (Phi) is 3.63. The first-order valence-electron chi connectivity index (χ1n) is 5.57. The number of nitrogens with one attached hydrogen (secondary N) is 1. The lowest BCUT2D eigenvalue weighted by Crippen LogP contribution is -1.95. The number of methoxy groups -OCH3 is 1. The van der Waals surface area contributed by atoms with Gasteiger partial charge in [-0.2, -0.15) is 0 Å². The van der Waals surface area contributed by atoms with Gasteiger partial charge in [0.25, 0.3) is 0 Å². The molecule has 2 rings (SSSR count). The number of hydrogen-bond acceptors (Lipinski definition) is 3. The summed E-state index contributed by atoms with van der Waals surface area (Å²) in [5, 5.41) is 3.94. The Balaban J connectivity index is 2.34. The quantitative estimate of drug-likeness (QED) is 0.823. The number of halogens is 1. The fourth-order valence-corrected chi connectivity index (χ4v) is 1.88. The number of nitrogens with two attached hydrogens (primary N) is 1. The SMILES string of the molecule is COc1cc(N)cc(Nc2cccc(C)c2Cl)c1. The van der Waals surface area contributed by atoms with Crippen molar-refractivity contribution in [3.8, 4) is 5.75 Å². The van der Waals surface area contributed by atoms with Gasteiger partial charge in [0.15, 0.2) is 0 Å². The summed E-state index contributed by atoms with van der Waals surface area (Å²) in [6, 6.07) is 11.3. The highest BCUT2D eigenvalue weighted by molar-refractivity contribution is 6.34. The minimum absolute atomic E-state index is 0.639. The van der Waals surface area contributed by atoms with E-state index in [1.165, 1.54) is 0 Å².